The highest BCUT2D eigenvalue weighted by Crippen LogP contribution is 2.40. The van der Waals surface area contributed by atoms with E-state index in [2.05, 4.69) is 5.32 Å². The molecule has 2 aromatic rings. The van der Waals surface area contributed by atoms with Gasteiger partial charge >= 0.3 is 0 Å². The fourth-order valence-electron chi connectivity index (χ4n) is 2.53. The highest BCUT2D eigenvalue weighted by atomic mass is 35.5. The largest absolute Gasteiger partial charge is 0.493 e. The molecule has 0 bridgehead atoms. The van der Waals surface area contributed by atoms with Crippen LogP contribution < -0.4 is 19.5 Å². The number of rotatable bonds is 7. The molecule has 130 valence electrons. The standard InChI is InChI=1S/C18H21Cl2NO3/c1-11(14-7-6-13(19)9-15(14)20)21-10-12-5-8-16(22-2)18(24-4)17(12)23-3/h5-9,11,21H,10H2,1-4H3/t11-/m1/s1. The Bertz CT molecular complexity index is 707. The molecule has 0 aliphatic carbocycles. The van der Waals surface area contributed by atoms with Crippen molar-refractivity contribution in [3.8, 4) is 17.2 Å². The lowest BCUT2D eigenvalue weighted by Gasteiger charge is -2.19. The van der Waals surface area contributed by atoms with E-state index < -0.39 is 0 Å². The molecule has 1 N–H and O–H groups in total. The second-order valence-electron chi connectivity index (χ2n) is 5.26. The van der Waals surface area contributed by atoms with Crippen LogP contribution in [0.25, 0.3) is 0 Å². The molecule has 24 heavy (non-hydrogen) atoms. The Morgan fingerprint density at radius 1 is 0.958 bits per heavy atom. The maximum atomic E-state index is 6.27. The molecule has 0 heterocycles. The SMILES string of the molecule is COc1ccc(CN[C@H](C)c2ccc(Cl)cc2Cl)c(OC)c1OC. The zero-order valence-corrected chi connectivity index (χ0v) is 15.7. The van der Waals surface area contributed by atoms with Gasteiger partial charge in [0.1, 0.15) is 0 Å². The Hall–Kier alpha value is -1.62. The van der Waals surface area contributed by atoms with Crippen molar-refractivity contribution in [1.29, 1.82) is 0 Å². The minimum absolute atomic E-state index is 0.0487. The van der Waals surface area contributed by atoms with Crippen LogP contribution in [-0.4, -0.2) is 21.3 Å². The second kappa shape index (κ2) is 8.47. The summed E-state index contributed by atoms with van der Waals surface area (Å²) in [4.78, 5) is 0. The lowest BCUT2D eigenvalue weighted by molar-refractivity contribution is 0.321. The third-order valence-corrected chi connectivity index (χ3v) is 4.38. The molecule has 2 rings (SSSR count). The number of methoxy groups -OCH3 is 3. The first kappa shape index (κ1) is 18.7. The van der Waals surface area contributed by atoms with Crippen molar-refractivity contribution in [2.24, 2.45) is 0 Å². The van der Waals surface area contributed by atoms with Crippen molar-refractivity contribution in [3.05, 3.63) is 51.5 Å². The number of benzene rings is 2. The molecule has 0 aliphatic rings. The van der Waals surface area contributed by atoms with Crippen molar-refractivity contribution >= 4 is 23.2 Å². The summed E-state index contributed by atoms with van der Waals surface area (Å²) in [5.41, 5.74) is 1.95. The summed E-state index contributed by atoms with van der Waals surface area (Å²) in [5.74, 6) is 1.86. The van der Waals surface area contributed by atoms with Gasteiger partial charge in [-0.1, -0.05) is 35.3 Å². The molecule has 1 atom stereocenters. The van der Waals surface area contributed by atoms with E-state index in [4.69, 9.17) is 37.4 Å². The average molecular weight is 370 g/mol. The predicted octanol–water partition coefficient (Wildman–Crippen LogP) is 4.87. The van der Waals surface area contributed by atoms with Gasteiger partial charge in [0.05, 0.1) is 21.3 Å². The van der Waals surface area contributed by atoms with E-state index in [0.29, 0.717) is 33.8 Å². The van der Waals surface area contributed by atoms with Crippen molar-refractivity contribution in [1.82, 2.24) is 5.32 Å². The molecule has 0 aliphatic heterocycles. The van der Waals surface area contributed by atoms with E-state index in [0.717, 1.165) is 11.1 Å². The number of ether oxygens (including phenoxy) is 3. The van der Waals surface area contributed by atoms with Gasteiger partial charge < -0.3 is 19.5 Å². The molecule has 4 nitrogen and oxygen atoms in total. The molecular weight excluding hydrogens is 349 g/mol. The lowest BCUT2D eigenvalue weighted by atomic mass is 10.1. The van der Waals surface area contributed by atoms with Gasteiger partial charge in [-0.25, -0.2) is 0 Å². The summed E-state index contributed by atoms with van der Waals surface area (Å²) in [7, 11) is 4.80. The minimum Gasteiger partial charge on any atom is -0.493 e. The monoisotopic (exact) mass is 369 g/mol. The van der Waals surface area contributed by atoms with Crippen LogP contribution in [0.1, 0.15) is 24.1 Å². The number of hydrogen-bond donors (Lipinski definition) is 1. The van der Waals surface area contributed by atoms with Gasteiger partial charge in [-0.05, 0) is 30.7 Å². The van der Waals surface area contributed by atoms with Gasteiger partial charge in [0, 0.05) is 28.2 Å². The topological polar surface area (TPSA) is 39.7 Å². The Balaban J connectivity index is 2.19. The Labute approximate surface area is 152 Å². The first-order chi connectivity index (χ1) is 11.5. The zero-order valence-electron chi connectivity index (χ0n) is 14.2. The summed E-state index contributed by atoms with van der Waals surface area (Å²) >= 11 is 12.2. The lowest BCUT2D eigenvalue weighted by Crippen LogP contribution is -2.19. The van der Waals surface area contributed by atoms with E-state index >= 15 is 0 Å². The van der Waals surface area contributed by atoms with Gasteiger partial charge in [0.15, 0.2) is 11.5 Å². The van der Waals surface area contributed by atoms with E-state index in [9.17, 15) is 0 Å². The van der Waals surface area contributed by atoms with Crippen LogP contribution in [0.4, 0.5) is 0 Å². The zero-order chi connectivity index (χ0) is 17.7. The number of nitrogens with one attached hydrogen (secondary N) is 1. The minimum atomic E-state index is 0.0487. The smallest absolute Gasteiger partial charge is 0.203 e. The third kappa shape index (κ3) is 4.07. The molecule has 0 spiro atoms. The van der Waals surface area contributed by atoms with Crippen LogP contribution in [0.2, 0.25) is 10.0 Å². The Morgan fingerprint density at radius 2 is 1.67 bits per heavy atom. The van der Waals surface area contributed by atoms with Gasteiger partial charge in [0.25, 0.3) is 0 Å². The van der Waals surface area contributed by atoms with Crippen LogP contribution >= 0.6 is 23.2 Å². The van der Waals surface area contributed by atoms with E-state index in [1.54, 1.807) is 27.4 Å². The number of hydrogen-bond acceptors (Lipinski definition) is 4. The van der Waals surface area contributed by atoms with Crippen LogP contribution in [0.15, 0.2) is 30.3 Å². The van der Waals surface area contributed by atoms with E-state index in [1.807, 2.05) is 31.2 Å². The van der Waals surface area contributed by atoms with Crippen LogP contribution in [0, 0.1) is 0 Å². The van der Waals surface area contributed by atoms with Crippen molar-refractivity contribution in [2.45, 2.75) is 19.5 Å². The molecule has 0 radical (unpaired) electrons. The van der Waals surface area contributed by atoms with Crippen LogP contribution in [-0.2, 0) is 6.54 Å². The first-order valence-electron chi connectivity index (χ1n) is 7.48. The number of halogens is 2. The van der Waals surface area contributed by atoms with Crippen LogP contribution in [0.3, 0.4) is 0 Å². The Kier molecular flexibility index (Phi) is 6.60. The summed E-state index contributed by atoms with van der Waals surface area (Å²) in [6.45, 7) is 2.63. The predicted molar refractivity (Wildman–Crippen MR) is 97.8 cm³/mol. The average Bonchev–Trinajstić information content (AvgIpc) is 2.58. The van der Waals surface area contributed by atoms with Gasteiger partial charge in [-0.2, -0.15) is 0 Å². The molecule has 0 fully saturated rings. The summed E-state index contributed by atoms with van der Waals surface area (Å²) in [5, 5.41) is 4.70. The maximum Gasteiger partial charge on any atom is 0.203 e. The Morgan fingerprint density at radius 3 is 2.25 bits per heavy atom. The second-order valence-corrected chi connectivity index (χ2v) is 6.11. The fourth-order valence-corrected chi connectivity index (χ4v) is 3.10. The summed E-state index contributed by atoms with van der Waals surface area (Å²) in [6, 6.07) is 9.36. The fraction of sp³-hybridized carbons (Fsp3) is 0.333. The van der Waals surface area contributed by atoms with Crippen molar-refractivity contribution in [3.63, 3.8) is 0 Å². The van der Waals surface area contributed by atoms with Gasteiger partial charge in [0.2, 0.25) is 5.75 Å². The molecule has 6 heteroatoms. The maximum absolute atomic E-state index is 6.27. The van der Waals surface area contributed by atoms with Crippen molar-refractivity contribution < 1.29 is 14.2 Å². The van der Waals surface area contributed by atoms with Crippen LogP contribution in [0.5, 0.6) is 17.2 Å². The molecule has 0 saturated heterocycles. The quantitative estimate of drug-likeness (QED) is 0.755. The van der Waals surface area contributed by atoms with E-state index in [-0.39, 0.29) is 6.04 Å². The highest BCUT2D eigenvalue weighted by Gasteiger charge is 2.17. The normalized spacial score (nSPS) is 11.9. The van der Waals surface area contributed by atoms with Gasteiger partial charge in [-0.3, -0.25) is 0 Å². The summed E-state index contributed by atoms with van der Waals surface area (Å²) < 4.78 is 16.2. The van der Waals surface area contributed by atoms with E-state index in [1.165, 1.54) is 0 Å². The van der Waals surface area contributed by atoms with Crippen molar-refractivity contribution in [2.75, 3.05) is 21.3 Å². The molecule has 0 aromatic heterocycles. The molecule has 2 aromatic carbocycles. The molecule has 0 unspecified atom stereocenters. The molecule has 0 amide bonds. The summed E-state index contributed by atoms with van der Waals surface area (Å²) in [6.07, 6.45) is 0. The van der Waals surface area contributed by atoms with Gasteiger partial charge in [-0.15, -0.1) is 0 Å². The highest BCUT2D eigenvalue weighted by molar-refractivity contribution is 6.35. The molecular formula is C18H21Cl2NO3. The first-order valence-corrected chi connectivity index (χ1v) is 8.23. The molecule has 0 saturated carbocycles. The third-order valence-electron chi connectivity index (χ3n) is 3.81.